The Bertz CT molecular complexity index is 358. The second-order valence-corrected chi connectivity index (χ2v) is 2.95. The number of carboxylic acids is 1. The summed E-state index contributed by atoms with van der Waals surface area (Å²) >= 11 is 0. The van der Waals surface area contributed by atoms with Crippen molar-refractivity contribution in [3.63, 3.8) is 0 Å². The largest absolute Gasteiger partial charge is 0.497 e. The Morgan fingerprint density at radius 1 is 1.33 bits per heavy atom. The van der Waals surface area contributed by atoms with Crippen molar-refractivity contribution < 1.29 is 19.4 Å². The summed E-state index contributed by atoms with van der Waals surface area (Å²) in [5.74, 6) is -2.86. The van der Waals surface area contributed by atoms with Gasteiger partial charge in [0.2, 0.25) is 5.91 Å². The first-order valence-corrected chi connectivity index (χ1v) is 4.22. The number of rotatable bonds is 4. The second kappa shape index (κ2) is 4.45. The predicted molar refractivity (Wildman–Crippen MR) is 52.6 cm³/mol. The number of aliphatic carboxylic acids is 1. The highest BCUT2D eigenvalue weighted by Gasteiger charge is 2.25. The summed E-state index contributed by atoms with van der Waals surface area (Å²) in [5, 5.41) is 8.79. The van der Waals surface area contributed by atoms with Gasteiger partial charge in [0.1, 0.15) is 5.75 Å². The third-order valence-electron chi connectivity index (χ3n) is 1.98. The van der Waals surface area contributed by atoms with Gasteiger partial charge in [-0.1, -0.05) is 12.1 Å². The van der Waals surface area contributed by atoms with Gasteiger partial charge < -0.3 is 15.6 Å². The zero-order valence-corrected chi connectivity index (χ0v) is 8.14. The van der Waals surface area contributed by atoms with E-state index < -0.39 is 17.8 Å². The van der Waals surface area contributed by atoms with E-state index in [1.807, 2.05) is 0 Å². The van der Waals surface area contributed by atoms with Crippen LogP contribution in [0.1, 0.15) is 11.5 Å². The molecule has 1 aromatic rings. The summed E-state index contributed by atoms with van der Waals surface area (Å²) in [4.78, 5) is 21.7. The molecule has 0 fully saturated rings. The van der Waals surface area contributed by atoms with Crippen molar-refractivity contribution in [3.8, 4) is 5.75 Å². The van der Waals surface area contributed by atoms with Crippen molar-refractivity contribution in [1.82, 2.24) is 0 Å². The molecule has 1 atom stereocenters. The van der Waals surface area contributed by atoms with E-state index in [0.717, 1.165) is 0 Å². The molecule has 0 heterocycles. The predicted octanol–water partition coefficient (Wildman–Crippen LogP) is 0.349. The number of hydrogen-bond acceptors (Lipinski definition) is 3. The molecule has 0 spiro atoms. The number of carbonyl (C=O) groups excluding carboxylic acids is 1. The first-order valence-electron chi connectivity index (χ1n) is 4.22. The molecule has 80 valence electrons. The molecule has 0 bridgehead atoms. The summed E-state index contributed by atoms with van der Waals surface area (Å²) < 4.78 is 4.91. The van der Waals surface area contributed by atoms with E-state index in [0.29, 0.717) is 11.3 Å². The summed E-state index contributed by atoms with van der Waals surface area (Å²) in [7, 11) is 1.50. The number of amides is 1. The lowest BCUT2D eigenvalue weighted by Crippen LogP contribution is -2.27. The zero-order valence-electron chi connectivity index (χ0n) is 8.14. The Morgan fingerprint density at radius 3 is 2.20 bits per heavy atom. The van der Waals surface area contributed by atoms with Crippen LogP contribution in [0, 0.1) is 0 Å². The Kier molecular flexibility index (Phi) is 3.28. The molecule has 1 unspecified atom stereocenters. The normalized spacial score (nSPS) is 11.8. The highest BCUT2D eigenvalue weighted by molar-refractivity contribution is 6.01. The highest BCUT2D eigenvalue weighted by atomic mass is 16.5. The van der Waals surface area contributed by atoms with Crippen LogP contribution in [0.3, 0.4) is 0 Å². The fourth-order valence-corrected chi connectivity index (χ4v) is 1.22. The van der Waals surface area contributed by atoms with E-state index in [-0.39, 0.29) is 0 Å². The molecule has 0 saturated heterocycles. The van der Waals surface area contributed by atoms with Gasteiger partial charge in [0, 0.05) is 0 Å². The van der Waals surface area contributed by atoms with E-state index in [2.05, 4.69) is 0 Å². The van der Waals surface area contributed by atoms with Crippen molar-refractivity contribution in [3.05, 3.63) is 29.8 Å². The van der Waals surface area contributed by atoms with Crippen LogP contribution in [0.15, 0.2) is 24.3 Å². The van der Waals surface area contributed by atoms with Gasteiger partial charge >= 0.3 is 5.97 Å². The zero-order chi connectivity index (χ0) is 11.4. The number of ether oxygens (including phenoxy) is 1. The lowest BCUT2D eigenvalue weighted by Gasteiger charge is -2.08. The topological polar surface area (TPSA) is 89.6 Å². The first kappa shape index (κ1) is 11.0. The molecule has 1 amide bonds. The van der Waals surface area contributed by atoms with Gasteiger partial charge in [-0.2, -0.15) is 0 Å². The molecule has 0 aliphatic rings. The van der Waals surface area contributed by atoms with E-state index >= 15 is 0 Å². The molecule has 3 N–H and O–H groups in total. The number of hydrogen-bond donors (Lipinski definition) is 2. The first-order chi connectivity index (χ1) is 7.06. The third-order valence-corrected chi connectivity index (χ3v) is 1.98. The van der Waals surface area contributed by atoms with Crippen molar-refractivity contribution >= 4 is 11.9 Å². The summed E-state index contributed by atoms with van der Waals surface area (Å²) in [5.41, 5.74) is 5.33. The maximum absolute atomic E-state index is 10.9. The van der Waals surface area contributed by atoms with E-state index in [1.54, 1.807) is 12.1 Å². The summed E-state index contributed by atoms with van der Waals surface area (Å²) in [6.07, 6.45) is 0. The summed E-state index contributed by atoms with van der Waals surface area (Å²) in [6, 6.07) is 6.16. The highest BCUT2D eigenvalue weighted by Crippen LogP contribution is 2.19. The molecular formula is C10H11NO4. The van der Waals surface area contributed by atoms with Crippen LogP contribution in [0.25, 0.3) is 0 Å². The fourth-order valence-electron chi connectivity index (χ4n) is 1.22. The molecule has 15 heavy (non-hydrogen) atoms. The standard InChI is InChI=1S/C10H11NO4/c1-15-7-4-2-6(3-5-7)8(9(11)12)10(13)14/h2-5,8H,1H3,(H2,11,12)(H,13,14). The number of primary amides is 1. The van der Waals surface area contributed by atoms with Gasteiger partial charge in [-0.3, -0.25) is 9.59 Å². The Labute approximate surface area is 86.5 Å². The van der Waals surface area contributed by atoms with E-state index in [4.69, 9.17) is 15.6 Å². The molecule has 0 saturated carbocycles. The van der Waals surface area contributed by atoms with Gasteiger partial charge in [0.15, 0.2) is 5.92 Å². The van der Waals surface area contributed by atoms with Gasteiger partial charge in [0.05, 0.1) is 7.11 Å². The summed E-state index contributed by atoms with van der Waals surface area (Å²) in [6.45, 7) is 0. The molecule has 1 rings (SSSR count). The minimum Gasteiger partial charge on any atom is -0.497 e. The van der Waals surface area contributed by atoms with Gasteiger partial charge in [-0.05, 0) is 17.7 Å². The molecule has 0 aliphatic carbocycles. The molecule has 1 aromatic carbocycles. The maximum atomic E-state index is 10.9. The average molecular weight is 209 g/mol. The van der Waals surface area contributed by atoms with Crippen molar-refractivity contribution in [2.45, 2.75) is 5.92 Å². The van der Waals surface area contributed by atoms with Gasteiger partial charge in [-0.15, -0.1) is 0 Å². The number of methoxy groups -OCH3 is 1. The van der Waals surface area contributed by atoms with Crippen molar-refractivity contribution in [2.24, 2.45) is 5.73 Å². The molecule has 5 heteroatoms. The molecule has 0 radical (unpaired) electrons. The van der Waals surface area contributed by atoms with Crippen LogP contribution in [-0.2, 0) is 9.59 Å². The minimum absolute atomic E-state index is 0.343. The number of benzene rings is 1. The number of carbonyl (C=O) groups is 2. The number of carboxylic acid groups (broad SMARTS) is 1. The smallest absolute Gasteiger partial charge is 0.320 e. The molecular weight excluding hydrogens is 198 g/mol. The van der Waals surface area contributed by atoms with Gasteiger partial charge in [-0.25, -0.2) is 0 Å². The van der Waals surface area contributed by atoms with Crippen LogP contribution in [-0.4, -0.2) is 24.1 Å². The Balaban J connectivity index is 3.02. The van der Waals surface area contributed by atoms with Crippen LogP contribution < -0.4 is 10.5 Å². The van der Waals surface area contributed by atoms with Crippen molar-refractivity contribution in [1.29, 1.82) is 0 Å². The molecule has 0 aromatic heterocycles. The van der Waals surface area contributed by atoms with Crippen LogP contribution in [0.5, 0.6) is 5.75 Å². The molecule has 5 nitrogen and oxygen atoms in total. The lowest BCUT2D eigenvalue weighted by molar-refractivity contribution is -0.142. The Hall–Kier alpha value is -2.04. The monoisotopic (exact) mass is 209 g/mol. The third kappa shape index (κ3) is 2.46. The van der Waals surface area contributed by atoms with Crippen molar-refractivity contribution in [2.75, 3.05) is 7.11 Å². The number of nitrogens with two attached hydrogens (primary N) is 1. The maximum Gasteiger partial charge on any atom is 0.320 e. The fraction of sp³-hybridized carbons (Fsp3) is 0.200. The molecule has 0 aliphatic heterocycles. The quantitative estimate of drug-likeness (QED) is 0.700. The lowest BCUT2D eigenvalue weighted by atomic mass is 9.99. The van der Waals surface area contributed by atoms with Crippen LogP contribution in [0.4, 0.5) is 0 Å². The minimum atomic E-state index is -1.31. The SMILES string of the molecule is COc1ccc(C(C(N)=O)C(=O)O)cc1. The van der Waals surface area contributed by atoms with E-state index in [9.17, 15) is 9.59 Å². The van der Waals surface area contributed by atoms with E-state index in [1.165, 1.54) is 19.2 Å². The average Bonchev–Trinajstić information content (AvgIpc) is 2.18. The van der Waals surface area contributed by atoms with Gasteiger partial charge in [0.25, 0.3) is 0 Å². The van der Waals surface area contributed by atoms with Crippen LogP contribution in [0.2, 0.25) is 0 Å². The van der Waals surface area contributed by atoms with Crippen LogP contribution >= 0.6 is 0 Å². The second-order valence-electron chi connectivity index (χ2n) is 2.95. The Morgan fingerprint density at radius 2 is 1.87 bits per heavy atom.